The number of benzene rings is 1. The normalized spacial score (nSPS) is 12.6. The summed E-state index contributed by atoms with van der Waals surface area (Å²) in [6.07, 6.45) is 0.998. The van der Waals surface area contributed by atoms with Crippen LogP contribution < -0.4 is 5.32 Å². The molecule has 0 amide bonds. The third kappa shape index (κ3) is 3.67. The SMILES string of the molecule is Cc1nc(CNC(C)Cc2ccccc2)no1. The highest BCUT2D eigenvalue weighted by molar-refractivity contribution is 5.15. The summed E-state index contributed by atoms with van der Waals surface area (Å²) in [6, 6.07) is 10.8. The van der Waals surface area contributed by atoms with Gasteiger partial charge in [0.1, 0.15) is 0 Å². The Morgan fingerprint density at radius 3 is 2.71 bits per heavy atom. The zero-order valence-corrected chi connectivity index (χ0v) is 10.2. The molecule has 1 heterocycles. The summed E-state index contributed by atoms with van der Waals surface area (Å²) in [4.78, 5) is 4.15. The smallest absolute Gasteiger partial charge is 0.223 e. The largest absolute Gasteiger partial charge is 0.340 e. The molecule has 1 aromatic heterocycles. The van der Waals surface area contributed by atoms with Crippen molar-refractivity contribution >= 4 is 0 Å². The van der Waals surface area contributed by atoms with Gasteiger partial charge >= 0.3 is 0 Å². The fourth-order valence-electron chi connectivity index (χ4n) is 1.72. The van der Waals surface area contributed by atoms with Crippen LogP contribution in [0.2, 0.25) is 0 Å². The summed E-state index contributed by atoms with van der Waals surface area (Å²) in [7, 11) is 0. The second-order valence-corrected chi connectivity index (χ2v) is 4.20. The van der Waals surface area contributed by atoms with Gasteiger partial charge in [-0.3, -0.25) is 0 Å². The molecule has 0 radical (unpaired) electrons. The second-order valence-electron chi connectivity index (χ2n) is 4.20. The average Bonchev–Trinajstić information content (AvgIpc) is 2.74. The van der Waals surface area contributed by atoms with E-state index in [2.05, 4.69) is 46.6 Å². The maximum Gasteiger partial charge on any atom is 0.223 e. The van der Waals surface area contributed by atoms with Gasteiger partial charge in [0.05, 0.1) is 6.54 Å². The Hall–Kier alpha value is -1.68. The van der Waals surface area contributed by atoms with E-state index in [9.17, 15) is 0 Å². The molecule has 0 fully saturated rings. The maximum atomic E-state index is 4.91. The average molecular weight is 231 g/mol. The zero-order valence-electron chi connectivity index (χ0n) is 10.2. The van der Waals surface area contributed by atoms with E-state index < -0.39 is 0 Å². The number of hydrogen-bond donors (Lipinski definition) is 1. The van der Waals surface area contributed by atoms with E-state index in [0.29, 0.717) is 24.3 Å². The van der Waals surface area contributed by atoms with Gasteiger partial charge in [0, 0.05) is 13.0 Å². The molecule has 0 aliphatic carbocycles. The van der Waals surface area contributed by atoms with Gasteiger partial charge in [-0.2, -0.15) is 4.98 Å². The Bertz CT molecular complexity index is 453. The summed E-state index contributed by atoms with van der Waals surface area (Å²) in [5.74, 6) is 1.32. The van der Waals surface area contributed by atoms with Crippen LogP contribution in [-0.4, -0.2) is 16.2 Å². The van der Waals surface area contributed by atoms with Gasteiger partial charge < -0.3 is 9.84 Å². The third-order valence-corrected chi connectivity index (χ3v) is 2.56. The number of nitrogens with one attached hydrogen (secondary N) is 1. The van der Waals surface area contributed by atoms with E-state index in [0.717, 1.165) is 6.42 Å². The molecule has 0 bridgehead atoms. The molecule has 2 rings (SSSR count). The predicted octanol–water partition coefficient (Wildman–Crippen LogP) is 2.10. The molecule has 0 aliphatic rings. The Labute approximate surface area is 101 Å². The Morgan fingerprint density at radius 2 is 2.06 bits per heavy atom. The van der Waals surface area contributed by atoms with Crippen LogP contribution in [0.25, 0.3) is 0 Å². The molecule has 0 saturated carbocycles. The van der Waals surface area contributed by atoms with Gasteiger partial charge in [0.25, 0.3) is 0 Å². The fourth-order valence-corrected chi connectivity index (χ4v) is 1.72. The van der Waals surface area contributed by atoms with Gasteiger partial charge in [-0.1, -0.05) is 35.5 Å². The zero-order chi connectivity index (χ0) is 12.1. The van der Waals surface area contributed by atoms with Crippen LogP contribution in [0.5, 0.6) is 0 Å². The maximum absolute atomic E-state index is 4.91. The molecular formula is C13H17N3O. The topological polar surface area (TPSA) is 51.0 Å². The first kappa shape index (κ1) is 11.8. The minimum Gasteiger partial charge on any atom is -0.340 e. The number of aromatic nitrogens is 2. The summed E-state index contributed by atoms with van der Waals surface area (Å²) in [5, 5.41) is 7.22. The van der Waals surface area contributed by atoms with Crippen molar-refractivity contribution in [3.63, 3.8) is 0 Å². The van der Waals surface area contributed by atoms with Crippen molar-refractivity contribution in [2.45, 2.75) is 32.9 Å². The fraction of sp³-hybridized carbons (Fsp3) is 0.385. The molecule has 4 nitrogen and oxygen atoms in total. The van der Waals surface area contributed by atoms with Crippen LogP contribution >= 0.6 is 0 Å². The Balaban J connectivity index is 1.80. The molecule has 90 valence electrons. The van der Waals surface area contributed by atoms with E-state index in [1.54, 1.807) is 6.92 Å². The van der Waals surface area contributed by atoms with Gasteiger partial charge in [-0.15, -0.1) is 0 Å². The number of rotatable bonds is 5. The predicted molar refractivity (Wildman–Crippen MR) is 65.5 cm³/mol. The number of aryl methyl sites for hydroxylation is 1. The van der Waals surface area contributed by atoms with Gasteiger partial charge in [0.15, 0.2) is 5.82 Å². The van der Waals surface area contributed by atoms with E-state index in [4.69, 9.17) is 4.52 Å². The Morgan fingerprint density at radius 1 is 1.29 bits per heavy atom. The van der Waals surface area contributed by atoms with Gasteiger partial charge in [-0.25, -0.2) is 0 Å². The monoisotopic (exact) mass is 231 g/mol. The molecular weight excluding hydrogens is 214 g/mol. The van der Waals surface area contributed by atoms with E-state index in [1.807, 2.05) is 6.07 Å². The lowest BCUT2D eigenvalue weighted by Crippen LogP contribution is -2.28. The molecule has 2 aromatic rings. The van der Waals surface area contributed by atoms with Crippen LogP contribution in [0.4, 0.5) is 0 Å². The number of nitrogens with zero attached hydrogens (tertiary/aromatic N) is 2. The highest BCUT2D eigenvalue weighted by atomic mass is 16.5. The first-order chi connectivity index (χ1) is 8.24. The van der Waals surface area contributed by atoms with Crippen LogP contribution in [-0.2, 0) is 13.0 Å². The molecule has 1 aromatic carbocycles. The lowest BCUT2D eigenvalue weighted by molar-refractivity contribution is 0.383. The molecule has 4 heteroatoms. The quantitative estimate of drug-likeness (QED) is 0.856. The first-order valence-electron chi connectivity index (χ1n) is 5.80. The molecule has 0 saturated heterocycles. The van der Waals surface area contributed by atoms with Crippen LogP contribution in [0, 0.1) is 6.92 Å². The van der Waals surface area contributed by atoms with Crippen LogP contribution in [0.3, 0.4) is 0 Å². The van der Waals surface area contributed by atoms with Gasteiger partial charge in [0.2, 0.25) is 5.89 Å². The van der Waals surface area contributed by atoms with Crippen molar-refractivity contribution in [1.29, 1.82) is 0 Å². The van der Waals surface area contributed by atoms with Crippen LogP contribution in [0.1, 0.15) is 24.2 Å². The second kappa shape index (κ2) is 5.59. The highest BCUT2D eigenvalue weighted by Crippen LogP contribution is 2.03. The van der Waals surface area contributed by atoms with Crippen molar-refractivity contribution in [1.82, 2.24) is 15.5 Å². The van der Waals surface area contributed by atoms with E-state index in [-0.39, 0.29) is 0 Å². The number of hydrogen-bond acceptors (Lipinski definition) is 4. The minimum absolute atomic E-state index is 0.385. The lowest BCUT2D eigenvalue weighted by atomic mass is 10.1. The van der Waals surface area contributed by atoms with E-state index >= 15 is 0 Å². The van der Waals surface area contributed by atoms with E-state index in [1.165, 1.54) is 5.56 Å². The van der Waals surface area contributed by atoms with Crippen molar-refractivity contribution in [3.8, 4) is 0 Å². The third-order valence-electron chi connectivity index (χ3n) is 2.56. The summed E-state index contributed by atoms with van der Waals surface area (Å²) < 4.78 is 4.91. The molecule has 17 heavy (non-hydrogen) atoms. The van der Waals surface area contributed by atoms with Gasteiger partial charge in [-0.05, 0) is 18.9 Å². The molecule has 1 unspecified atom stereocenters. The van der Waals surface area contributed by atoms with Crippen molar-refractivity contribution < 1.29 is 4.52 Å². The van der Waals surface area contributed by atoms with Crippen LogP contribution in [0.15, 0.2) is 34.9 Å². The molecule has 0 spiro atoms. The van der Waals surface area contributed by atoms with Crippen molar-refractivity contribution in [3.05, 3.63) is 47.6 Å². The lowest BCUT2D eigenvalue weighted by Gasteiger charge is -2.12. The standard InChI is InChI=1S/C13H17N3O/c1-10(8-12-6-4-3-5-7-12)14-9-13-15-11(2)17-16-13/h3-7,10,14H,8-9H2,1-2H3. The summed E-state index contributed by atoms with van der Waals surface area (Å²) >= 11 is 0. The highest BCUT2D eigenvalue weighted by Gasteiger charge is 2.06. The molecule has 1 atom stereocenters. The Kier molecular flexibility index (Phi) is 3.88. The van der Waals surface area contributed by atoms with Crippen molar-refractivity contribution in [2.75, 3.05) is 0 Å². The summed E-state index contributed by atoms with van der Waals surface area (Å²) in [6.45, 7) is 4.59. The first-order valence-corrected chi connectivity index (χ1v) is 5.80. The minimum atomic E-state index is 0.385. The summed E-state index contributed by atoms with van der Waals surface area (Å²) in [5.41, 5.74) is 1.33. The molecule has 0 aliphatic heterocycles. The molecule has 1 N–H and O–H groups in total. The van der Waals surface area contributed by atoms with Crippen molar-refractivity contribution in [2.24, 2.45) is 0 Å².